The Morgan fingerprint density at radius 1 is 1.25 bits per heavy atom. The predicted molar refractivity (Wildman–Crippen MR) is 95.9 cm³/mol. The van der Waals surface area contributed by atoms with E-state index in [0.717, 1.165) is 35.4 Å². The van der Waals surface area contributed by atoms with Crippen molar-refractivity contribution in [3.05, 3.63) is 35.9 Å². The zero-order chi connectivity index (χ0) is 18.0. The second-order valence-corrected chi connectivity index (χ2v) is 9.51. The van der Waals surface area contributed by atoms with Gasteiger partial charge in [0.05, 0.1) is 12.8 Å². The number of sulfonamides is 1. The number of nitrogens with zero attached hydrogens (tertiary/aromatic N) is 2. The fraction of sp³-hybridized carbons (Fsp3) is 0.611. The minimum Gasteiger partial charge on any atom is -0.334 e. The van der Waals surface area contributed by atoms with E-state index in [2.05, 4.69) is 13.8 Å². The summed E-state index contributed by atoms with van der Waals surface area (Å²) in [5, 5.41) is 0. The molecule has 134 valence electrons. The van der Waals surface area contributed by atoms with Crippen LogP contribution in [0.15, 0.2) is 30.3 Å². The summed E-state index contributed by atoms with van der Waals surface area (Å²) in [5.41, 5.74) is 1.12. The predicted octanol–water partition coefficient (Wildman–Crippen LogP) is 2.49. The molecular weight excluding hydrogens is 324 g/mol. The number of amides is 1. The van der Waals surface area contributed by atoms with E-state index in [4.69, 9.17) is 0 Å². The molecule has 0 saturated heterocycles. The highest BCUT2D eigenvalue weighted by atomic mass is 32.2. The van der Waals surface area contributed by atoms with Crippen LogP contribution in [0.1, 0.15) is 38.7 Å². The Labute approximate surface area is 145 Å². The first kappa shape index (κ1) is 18.9. The van der Waals surface area contributed by atoms with Crippen LogP contribution in [-0.2, 0) is 21.4 Å². The van der Waals surface area contributed by atoms with E-state index in [1.807, 2.05) is 35.2 Å². The van der Waals surface area contributed by atoms with Crippen LogP contribution in [0.3, 0.4) is 0 Å². The van der Waals surface area contributed by atoms with Gasteiger partial charge in [-0.3, -0.25) is 4.79 Å². The van der Waals surface area contributed by atoms with Gasteiger partial charge in [0.25, 0.3) is 0 Å². The Balaban J connectivity index is 2.24. The lowest BCUT2D eigenvalue weighted by molar-refractivity contribution is -0.136. The minimum absolute atomic E-state index is 0.0497. The number of hydrogen-bond donors (Lipinski definition) is 0. The monoisotopic (exact) mass is 352 g/mol. The second-order valence-electron chi connectivity index (χ2n) is 7.42. The van der Waals surface area contributed by atoms with Crippen LogP contribution in [0, 0.1) is 5.41 Å². The summed E-state index contributed by atoms with van der Waals surface area (Å²) in [4.78, 5) is 14.8. The van der Waals surface area contributed by atoms with Gasteiger partial charge in [-0.1, -0.05) is 50.6 Å². The van der Waals surface area contributed by atoms with Gasteiger partial charge in [0.15, 0.2) is 0 Å². The van der Waals surface area contributed by atoms with Gasteiger partial charge >= 0.3 is 0 Å². The van der Waals surface area contributed by atoms with Crippen molar-refractivity contribution in [1.29, 1.82) is 0 Å². The molecule has 6 heteroatoms. The quantitative estimate of drug-likeness (QED) is 0.790. The van der Waals surface area contributed by atoms with E-state index in [1.165, 1.54) is 7.05 Å². The highest BCUT2D eigenvalue weighted by Crippen LogP contribution is 2.41. The van der Waals surface area contributed by atoms with Crippen molar-refractivity contribution < 1.29 is 13.2 Å². The van der Waals surface area contributed by atoms with E-state index < -0.39 is 10.0 Å². The van der Waals surface area contributed by atoms with Crippen LogP contribution in [0.5, 0.6) is 0 Å². The van der Waals surface area contributed by atoms with Crippen molar-refractivity contribution in [3.8, 4) is 0 Å². The summed E-state index contributed by atoms with van der Waals surface area (Å²) in [6.45, 7) is 4.79. The highest BCUT2D eigenvalue weighted by Gasteiger charge is 2.40. The average Bonchev–Trinajstić information content (AvgIpc) is 2.84. The Kier molecular flexibility index (Phi) is 5.71. The number of hydrogen-bond acceptors (Lipinski definition) is 3. The molecule has 1 amide bonds. The van der Waals surface area contributed by atoms with Gasteiger partial charge in [0.2, 0.25) is 15.9 Å². The maximum atomic E-state index is 12.9. The first-order valence-electron chi connectivity index (χ1n) is 8.36. The van der Waals surface area contributed by atoms with Crippen molar-refractivity contribution >= 4 is 15.9 Å². The van der Waals surface area contributed by atoms with Crippen molar-refractivity contribution in [1.82, 2.24) is 9.21 Å². The smallest absolute Gasteiger partial charge is 0.238 e. The molecule has 1 atom stereocenters. The molecule has 24 heavy (non-hydrogen) atoms. The maximum Gasteiger partial charge on any atom is 0.238 e. The van der Waals surface area contributed by atoms with Gasteiger partial charge in [-0.05, 0) is 23.8 Å². The molecule has 1 fully saturated rings. The van der Waals surface area contributed by atoms with Crippen molar-refractivity contribution in [3.63, 3.8) is 0 Å². The molecular formula is C18H28N2O3S. The summed E-state index contributed by atoms with van der Waals surface area (Å²) in [6, 6.07) is 10.0. The van der Waals surface area contributed by atoms with Crippen LogP contribution >= 0.6 is 0 Å². The molecule has 2 rings (SSSR count). The summed E-state index contributed by atoms with van der Waals surface area (Å²) >= 11 is 0. The van der Waals surface area contributed by atoms with Crippen molar-refractivity contribution in [2.75, 3.05) is 19.8 Å². The van der Waals surface area contributed by atoms with Gasteiger partial charge in [0, 0.05) is 19.6 Å². The van der Waals surface area contributed by atoms with Crippen LogP contribution in [0.4, 0.5) is 0 Å². The molecule has 0 bridgehead atoms. The third kappa shape index (κ3) is 4.57. The topological polar surface area (TPSA) is 57.7 Å². The lowest BCUT2D eigenvalue weighted by atomic mass is 9.86. The zero-order valence-corrected chi connectivity index (χ0v) is 15.8. The van der Waals surface area contributed by atoms with Gasteiger partial charge in [0.1, 0.15) is 0 Å². The van der Waals surface area contributed by atoms with Gasteiger partial charge in [-0.15, -0.1) is 0 Å². The third-order valence-corrected chi connectivity index (χ3v) is 6.28. The molecule has 1 aliphatic carbocycles. The molecule has 1 saturated carbocycles. The Bertz CT molecular complexity index is 671. The standard InChI is InChI=1S/C18H28N2O3S/c1-18(2)12-8-11-16(18)20(13-15-9-6-5-7-10-15)17(21)14-19(3)24(4,22)23/h5-7,9-10,16H,8,11-14H2,1-4H3. The minimum atomic E-state index is -3.37. The molecule has 5 nitrogen and oxygen atoms in total. The molecule has 0 heterocycles. The second kappa shape index (κ2) is 7.23. The Morgan fingerprint density at radius 2 is 1.88 bits per heavy atom. The molecule has 0 aliphatic heterocycles. The first-order chi connectivity index (χ1) is 11.1. The number of likely N-dealkylation sites (N-methyl/N-ethyl adjacent to an activating group) is 1. The average molecular weight is 353 g/mol. The maximum absolute atomic E-state index is 12.9. The summed E-state index contributed by atoms with van der Waals surface area (Å²) in [7, 11) is -1.92. The number of benzene rings is 1. The molecule has 0 radical (unpaired) electrons. The van der Waals surface area contributed by atoms with E-state index in [-0.39, 0.29) is 23.9 Å². The molecule has 1 unspecified atom stereocenters. The molecule has 1 aromatic carbocycles. The van der Waals surface area contributed by atoms with E-state index in [9.17, 15) is 13.2 Å². The lowest BCUT2D eigenvalue weighted by Crippen LogP contribution is -2.49. The zero-order valence-electron chi connectivity index (χ0n) is 15.0. The van der Waals surface area contributed by atoms with Crippen molar-refractivity contribution in [2.24, 2.45) is 5.41 Å². The summed E-state index contributed by atoms with van der Waals surface area (Å²) < 4.78 is 24.4. The van der Waals surface area contributed by atoms with Crippen LogP contribution in [0.25, 0.3) is 0 Å². The van der Waals surface area contributed by atoms with Crippen LogP contribution in [-0.4, -0.2) is 49.4 Å². The van der Waals surface area contributed by atoms with Gasteiger partial charge < -0.3 is 4.90 Å². The largest absolute Gasteiger partial charge is 0.334 e. The van der Waals surface area contributed by atoms with E-state index >= 15 is 0 Å². The van der Waals surface area contributed by atoms with Crippen LogP contribution < -0.4 is 0 Å². The SMILES string of the molecule is CN(CC(=O)N(Cc1ccccc1)C1CCCC1(C)C)S(C)(=O)=O. The molecule has 0 spiro atoms. The first-order valence-corrected chi connectivity index (χ1v) is 10.2. The lowest BCUT2D eigenvalue weighted by Gasteiger charge is -2.38. The molecule has 0 aromatic heterocycles. The highest BCUT2D eigenvalue weighted by molar-refractivity contribution is 7.88. The summed E-state index contributed by atoms with van der Waals surface area (Å²) in [6.07, 6.45) is 4.27. The molecule has 1 aromatic rings. The Morgan fingerprint density at radius 3 is 2.38 bits per heavy atom. The fourth-order valence-electron chi connectivity index (χ4n) is 3.44. The molecule has 1 aliphatic rings. The molecule has 0 N–H and O–H groups in total. The van der Waals surface area contributed by atoms with Gasteiger partial charge in [-0.2, -0.15) is 4.31 Å². The number of carbonyl (C=O) groups excluding carboxylic acids is 1. The summed E-state index contributed by atoms with van der Waals surface area (Å²) in [5.74, 6) is -0.133. The normalized spacial score (nSPS) is 20.3. The number of carbonyl (C=O) groups is 1. The van der Waals surface area contributed by atoms with Crippen molar-refractivity contribution in [2.45, 2.75) is 45.7 Å². The Hall–Kier alpha value is -1.40. The third-order valence-electron chi connectivity index (χ3n) is 5.02. The number of rotatable bonds is 6. The van der Waals surface area contributed by atoms with Crippen LogP contribution in [0.2, 0.25) is 0 Å². The fourth-order valence-corrected chi connectivity index (χ4v) is 3.78. The van der Waals surface area contributed by atoms with E-state index in [1.54, 1.807) is 0 Å². The van der Waals surface area contributed by atoms with Gasteiger partial charge in [-0.25, -0.2) is 8.42 Å². The van der Waals surface area contributed by atoms with E-state index in [0.29, 0.717) is 6.54 Å².